The molecule has 0 N–H and O–H groups in total. The van der Waals surface area contributed by atoms with Gasteiger partial charge in [0.15, 0.2) is 0 Å². The molecule has 0 radical (unpaired) electrons. The van der Waals surface area contributed by atoms with Crippen LogP contribution in [0.3, 0.4) is 0 Å². The van der Waals surface area contributed by atoms with Crippen molar-refractivity contribution in [3.8, 4) is 0 Å². The fourth-order valence-electron chi connectivity index (χ4n) is 1.48. The van der Waals surface area contributed by atoms with E-state index in [2.05, 4.69) is 37.9 Å². The van der Waals surface area contributed by atoms with Gasteiger partial charge < -0.3 is 0 Å². The van der Waals surface area contributed by atoms with Crippen LogP contribution < -0.4 is 0 Å². The van der Waals surface area contributed by atoms with Crippen molar-refractivity contribution in [2.45, 2.75) is 46.5 Å². The molecule has 72 valence electrons. The van der Waals surface area contributed by atoms with E-state index in [0.29, 0.717) is 0 Å². The first-order valence-electron chi connectivity index (χ1n) is 5.20. The molecule has 0 aromatic carbocycles. The minimum Gasteiger partial charge on any atom is -0.258 e. The van der Waals surface area contributed by atoms with E-state index in [0.717, 1.165) is 12.8 Å². The van der Waals surface area contributed by atoms with E-state index in [1.807, 2.05) is 0 Å². The minimum absolute atomic E-state index is 1.07. The second-order valence-corrected chi connectivity index (χ2v) is 3.49. The van der Waals surface area contributed by atoms with Crippen LogP contribution in [-0.4, -0.2) is 5.71 Å². The fourth-order valence-corrected chi connectivity index (χ4v) is 1.48. The molecular weight excluding hydrogens is 158 g/mol. The average Bonchev–Trinajstić information content (AvgIpc) is 2.17. The predicted octanol–water partition coefficient (Wildman–Crippen LogP) is 3.87. The predicted molar refractivity (Wildman–Crippen MR) is 59.1 cm³/mol. The lowest BCUT2D eigenvalue weighted by Crippen LogP contribution is -1.96. The lowest BCUT2D eigenvalue weighted by molar-refractivity contribution is 0.930. The van der Waals surface area contributed by atoms with E-state index in [9.17, 15) is 0 Å². The van der Waals surface area contributed by atoms with Crippen LogP contribution in [0.15, 0.2) is 28.4 Å². The van der Waals surface area contributed by atoms with Gasteiger partial charge in [-0.15, -0.1) is 0 Å². The van der Waals surface area contributed by atoms with Gasteiger partial charge in [-0.05, 0) is 44.3 Å². The van der Waals surface area contributed by atoms with E-state index in [1.54, 1.807) is 0 Å². The molecule has 0 aromatic heterocycles. The molecular formula is C12H19N. The maximum Gasteiger partial charge on any atom is 0.0615 e. The summed E-state index contributed by atoms with van der Waals surface area (Å²) < 4.78 is 0. The normalized spacial score (nSPS) is 16.2. The number of hydrogen-bond acceptors (Lipinski definition) is 1. The number of aliphatic imine (C=N–C) groups is 1. The Labute approximate surface area is 81.3 Å². The maximum atomic E-state index is 4.66. The van der Waals surface area contributed by atoms with Crippen molar-refractivity contribution in [3.05, 3.63) is 23.4 Å². The molecule has 1 aliphatic carbocycles. The van der Waals surface area contributed by atoms with E-state index in [4.69, 9.17) is 0 Å². The van der Waals surface area contributed by atoms with Crippen molar-refractivity contribution >= 4 is 5.71 Å². The molecule has 1 nitrogen and oxygen atoms in total. The fraction of sp³-hybridized carbons (Fsp3) is 0.583. The average molecular weight is 177 g/mol. The molecule has 0 saturated heterocycles. The lowest BCUT2D eigenvalue weighted by atomic mass is 10.0. The number of allylic oxidation sites excluding steroid dienone is 3. The summed E-state index contributed by atoms with van der Waals surface area (Å²) in [5.74, 6) is 0. The van der Waals surface area contributed by atoms with Crippen molar-refractivity contribution in [2.75, 3.05) is 0 Å². The molecule has 0 bridgehead atoms. The van der Waals surface area contributed by atoms with Gasteiger partial charge in [-0.1, -0.05) is 19.9 Å². The monoisotopic (exact) mass is 177 g/mol. The third-order valence-corrected chi connectivity index (χ3v) is 2.49. The summed E-state index contributed by atoms with van der Waals surface area (Å²) in [6.07, 6.45) is 8.87. The van der Waals surface area contributed by atoms with Gasteiger partial charge in [-0.2, -0.15) is 0 Å². The summed E-state index contributed by atoms with van der Waals surface area (Å²) in [5.41, 5.74) is 3.94. The summed E-state index contributed by atoms with van der Waals surface area (Å²) >= 11 is 0. The Morgan fingerprint density at radius 3 is 2.62 bits per heavy atom. The van der Waals surface area contributed by atoms with Crippen molar-refractivity contribution in [1.29, 1.82) is 0 Å². The van der Waals surface area contributed by atoms with E-state index >= 15 is 0 Å². The SMILES string of the molecule is CCC(CC)=NC1=C(C)CCC=C1. The van der Waals surface area contributed by atoms with Gasteiger partial charge in [0.1, 0.15) is 0 Å². The van der Waals surface area contributed by atoms with Gasteiger partial charge in [-0.3, -0.25) is 4.99 Å². The van der Waals surface area contributed by atoms with Crippen LogP contribution in [-0.2, 0) is 0 Å². The molecule has 0 heterocycles. The quantitative estimate of drug-likeness (QED) is 0.580. The summed E-state index contributed by atoms with van der Waals surface area (Å²) in [6.45, 7) is 6.53. The summed E-state index contributed by atoms with van der Waals surface area (Å²) in [6, 6.07) is 0. The van der Waals surface area contributed by atoms with Crippen molar-refractivity contribution < 1.29 is 0 Å². The topological polar surface area (TPSA) is 12.4 Å². The summed E-state index contributed by atoms with van der Waals surface area (Å²) in [4.78, 5) is 4.66. The molecule has 1 aliphatic rings. The Balaban J connectivity index is 2.82. The van der Waals surface area contributed by atoms with Crippen LogP contribution in [0.25, 0.3) is 0 Å². The first-order valence-corrected chi connectivity index (χ1v) is 5.20. The van der Waals surface area contributed by atoms with Gasteiger partial charge >= 0.3 is 0 Å². The highest BCUT2D eigenvalue weighted by Gasteiger charge is 2.03. The molecule has 1 heteroatoms. The van der Waals surface area contributed by atoms with Gasteiger partial charge in [0.2, 0.25) is 0 Å². The third kappa shape index (κ3) is 2.83. The van der Waals surface area contributed by atoms with Gasteiger partial charge in [0.05, 0.1) is 5.70 Å². The zero-order valence-electron chi connectivity index (χ0n) is 8.93. The summed E-state index contributed by atoms with van der Waals surface area (Å²) in [7, 11) is 0. The second kappa shape index (κ2) is 5.00. The van der Waals surface area contributed by atoms with E-state index in [1.165, 1.54) is 29.8 Å². The van der Waals surface area contributed by atoms with Gasteiger partial charge in [0.25, 0.3) is 0 Å². The van der Waals surface area contributed by atoms with Gasteiger partial charge in [0, 0.05) is 5.71 Å². The highest BCUT2D eigenvalue weighted by Crippen LogP contribution is 2.19. The highest BCUT2D eigenvalue weighted by molar-refractivity contribution is 5.85. The van der Waals surface area contributed by atoms with Crippen molar-refractivity contribution in [3.63, 3.8) is 0 Å². The smallest absolute Gasteiger partial charge is 0.0615 e. The molecule has 0 saturated carbocycles. The molecule has 13 heavy (non-hydrogen) atoms. The van der Waals surface area contributed by atoms with E-state index < -0.39 is 0 Å². The number of rotatable bonds is 3. The standard InChI is InChI=1S/C12H19N/c1-4-11(5-2)13-12-9-7-6-8-10(12)3/h7,9H,4-6,8H2,1-3H3. The Morgan fingerprint density at radius 2 is 2.08 bits per heavy atom. The van der Waals surface area contributed by atoms with Crippen LogP contribution in [0.1, 0.15) is 46.5 Å². The zero-order valence-corrected chi connectivity index (χ0v) is 8.93. The van der Waals surface area contributed by atoms with Crippen molar-refractivity contribution in [2.24, 2.45) is 4.99 Å². The van der Waals surface area contributed by atoms with Gasteiger partial charge in [-0.25, -0.2) is 0 Å². The molecule has 0 aliphatic heterocycles. The molecule has 0 spiro atoms. The molecule has 0 unspecified atom stereocenters. The van der Waals surface area contributed by atoms with Crippen LogP contribution in [0.2, 0.25) is 0 Å². The first kappa shape index (κ1) is 10.2. The van der Waals surface area contributed by atoms with Crippen LogP contribution in [0.4, 0.5) is 0 Å². The highest BCUT2D eigenvalue weighted by atomic mass is 14.8. The number of hydrogen-bond donors (Lipinski definition) is 0. The molecule has 0 atom stereocenters. The Morgan fingerprint density at radius 1 is 1.38 bits per heavy atom. The Bertz CT molecular complexity index is 250. The molecule has 0 aromatic rings. The first-order chi connectivity index (χ1) is 6.27. The minimum atomic E-state index is 1.07. The van der Waals surface area contributed by atoms with Crippen molar-refractivity contribution in [1.82, 2.24) is 0 Å². The lowest BCUT2D eigenvalue weighted by Gasteiger charge is -2.09. The third-order valence-electron chi connectivity index (χ3n) is 2.49. The Kier molecular flexibility index (Phi) is 3.94. The van der Waals surface area contributed by atoms with E-state index in [-0.39, 0.29) is 0 Å². The molecule has 0 fully saturated rings. The van der Waals surface area contributed by atoms with Crippen LogP contribution in [0, 0.1) is 0 Å². The van der Waals surface area contributed by atoms with Crippen LogP contribution in [0.5, 0.6) is 0 Å². The van der Waals surface area contributed by atoms with Crippen LogP contribution >= 0.6 is 0 Å². The molecule has 0 amide bonds. The molecule has 1 rings (SSSR count). The Hall–Kier alpha value is -0.850. The summed E-state index contributed by atoms with van der Waals surface area (Å²) in [5, 5.41) is 0. The number of nitrogens with zero attached hydrogens (tertiary/aromatic N) is 1. The second-order valence-electron chi connectivity index (χ2n) is 3.49. The zero-order chi connectivity index (χ0) is 9.68. The maximum absolute atomic E-state index is 4.66. The largest absolute Gasteiger partial charge is 0.258 e.